The molecule has 0 aliphatic rings. The molecular formula is C10H22N4O2. The maximum absolute atomic E-state index is 11.3. The van der Waals surface area contributed by atoms with E-state index in [0.717, 1.165) is 13.0 Å². The minimum Gasteiger partial charge on any atom is -0.351 e. The highest BCUT2D eigenvalue weighted by atomic mass is 16.2. The van der Waals surface area contributed by atoms with E-state index in [4.69, 9.17) is 5.73 Å². The molecule has 6 heteroatoms. The zero-order chi connectivity index (χ0) is 12.7. The van der Waals surface area contributed by atoms with Crippen LogP contribution in [0.3, 0.4) is 0 Å². The van der Waals surface area contributed by atoms with Crippen LogP contribution in [0.5, 0.6) is 0 Å². The maximum Gasteiger partial charge on any atom is 0.318 e. The molecule has 6 nitrogen and oxygen atoms in total. The lowest BCUT2D eigenvalue weighted by Crippen LogP contribution is -2.49. The van der Waals surface area contributed by atoms with Gasteiger partial charge in [-0.2, -0.15) is 0 Å². The van der Waals surface area contributed by atoms with E-state index in [1.54, 1.807) is 6.92 Å². The van der Waals surface area contributed by atoms with Gasteiger partial charge < -0.3 is 16.0 Å². The number of urea groups is 1. The Morgan fingerprint density at radius 2 is 1.88 bits per heavy atom. The van der Waals surface area contributed by atoms with E-state index in [1.807, 2.05) is 26.3 Å². The molecular weight excluding hydrogens is 208 g/mol. The van der Waals surface area contributed by atoms with Gasteiger partial charge >= 0.3 is 6.03 Å². The van der Waals surface area contributed by atoms with Crippen molar-refractivity contribution in [2.75, 3.05) is 20.6 Å². The average Bonchev–Trinajstić information content (AvgIpc) is 2.13. The third kappa shape index (κ3) is 7.19. The van der Waals surface area contributed by atoms with E-state index in [1.165, 1.54) is 0 Å². The van der Waals surface area contributed by atoms with E-state index in [9.17, 15) is 9.59 Å². The van der Waals surface area contributed by atoms with Crippen LogP contribution < -0.4 is 16.4 Å². The summed E-state index contributed by atoms with van der Waals surface area (Å²) in [7, 11) is 3.99. The molecule has 2 unspecified atom stereocenters. The molecule has 4 N–H and O–H groups in total. The van der Waals surface area contributed by atoms with Gasteiger partial charge in [0.15, 0.2) is 0 Å². The highest BCUT2D eigenvalue weighted by Crippen LogP contribution is 1.94. The Morgan fingerprint density at radius 1 is 1.31 bits per heavy atom. The number of carbonyl (C=O) groups excluding carboxylic acids is 2. The molecule has 0 aromatic rings. The molecule has 0 rings (SSSR count). The molecule has 0 heterocycles. The standard InChI is InChI=1S/C10H22N4O2/c1-7(5-6-14(3)4)12-8(2)9(15)13-10(11)16/h7-8,12H,5-6H2,1-4H3,(H3,11,13,15,16). The SMILES string of the molecule is CC(CCN(C)C)NC(C)C(=O)NC(N)=O. The smallest absolute Gasteiger partial charge is 0.318 e. The number of amides is 3. The fourth-order valence-corrected chi connectivity index (χ4v) is 1.27. The molecule has 0 aromatic carbocycles. The summed E-state index contributed by atoms with van der Waals surface area (Å²) in [5.74, 6) is -0.399. The fourth-order valence-electron chi connectivity index (χ4n) is 1.27. The number of nitrogens with two attached hydrogens (primary N) is 1. The van der Waals surface area contributed by atoms with Crippen molar-refractivity contribution < 1.29 is 9.59 Å². The number of hydrogen-bond acceptors (Lipinski definition) is 4. The molecule has 0 aliphatic heterocycles. The zero-order valence-electron chi connectivity index (χ0n) is 10.4. The predicted octanol–water partition coefficient (Wildman–Crippen LogP) is -0.500. The second-order valence-corrected chi connectivity index (χ2v) is 4.23. The highest BCUT2D eigenvalue weighted by Gasteiger charge is 2.16. The van der Waals surface area contributed by atoms with Crippen LogP contribution in [0.15, 0.2) is 0 Å². The van der Waals surface area contributed by atoms with Crippen molar-refractivity contribution in [2.45, 2.75) is 32.4 Å². The van der Waals surface area contributed by atoms with Crippen LogP contribution >= 0.6 is 0 Å². The lowest BCUT2D eigenvalue weighted by Gasteiger charge is -2.20. The number of nitrogens with one attached hydrogen (secondary N) is 2. The first-order valence-corrected chi connectivity index (χ1v) is 5.34. The summed E-state index contributed by atoms with van der Waals surface area (Å²) in [4.78, 5) is 23.9. The van der Waals surface area contributed by atoms with Crippen LogP contribution in [-0.2, 0) is 4.79 Å². The topological polar surface area (TPSA) is 87.5 Å². The van der Waals surface area contributed by atoms with E-state index in [-0.39, 0.29) is 6.04 Å². The number of rotatable bonds is 6. The molecule has 0 spiro atoms. The monoisotopic (exact) mass is 230 g/mol. The van der Waals surface area contributed by atoms with E-state index in [2.05, 4.69) is 10.2 Å². The van der Waals surface area contributed by atoms with Gasteiger partial charge in [0.1, 0.15) is 0 Å². The van der Waals surface area contributed by atoms with Crippen molar-refractivity contribution in [2.24, 2.45) is 5.73 Å². The minimum atomic E-state index is -0.820. The van der Waals surface area contributed by atoms with Crippen molar-refractivity contribution in [3.05, 3.63) is 0 Å². The lowest BCUT2D eigenvalue weighted by atomic mass is 10.2. The van der Waals surface area contributed by atoms with Crippen LogP contribution in [0.2, 0.25) is 0 Å². The average molecular weight is 230 g/mol. The van der Waals surface area contributed by atoms with Crippen LogP contribution in [0.25, 0.3) is 0 Å². The molecule has 0 aromatic heterocycles. The van der Waals surface area contributed by atoms with Gasteiger partial charge in [-0.25, -0.2) is 4.79 Å². The molecule has 16 heavy (non-hydrogen) atoms. The Labute approximate surface area is 96.5 Å². The Hall–Kier alpha value is -1.14. The largest absolute Gasteiger partial charge is 0.351 e. The Morgan fingerprint density at radius 3 is 2.31 bits per heavy atom. The van der Waals surface area contributed by atoms with Gasteiger partial charge in [-0.1, -0.05) is 0 Å². The van der Waals surface area contributed by atoms with E-state index >= 15 is 0 Å². The van der Waals surface area contributed by atoms with Crippen LogP contribution in [0.1, 0.15) is 20.3 Å². The summed E-state index contributed by atoms with van der Waals surface area (Å²) in [5, 5.41) is 5.13. The van der Waals surface area contributed by atoms with Crippen molar-refractivity contribution in [1.29, 1.82) is 0 Å². The molecule has 3 amide bonds. The summed E-state index contributed by atoms with van der Waals surface area (Å²) < 4.78 is 0. The van der Waals surface area contributed by atoms with Crippen molar-refractivity contribution >= 4 is 11.9 Å². The predicted molar refractivity (Wildman–Crippen MR) is 63.0 cm³/mol. The van der Waals surface area contributed by atoms with Crippen molar-refractivity contribution in [3.8, 4) is 0 Å². The Balaban J connectivity index is 3.89. The summed E-state index contributed by atoms with van der Waals surface area (Å²) in [6, 6.07) is -1.04. The van der Waals surface area contributed by atoms with Gasteiger partial charge in [-0.3, -0.25) is 10.1 Å². The molecule has 0 saturated carbocycles. The maximum atomic E-state index is 11.3. The summed E-state index contributed by atoms with van der Waals surface area (Å²) in [6.45, 7) is 4.64. The molecule has 0 aliphatic carbocycles. The van der Waals surface area contributed by atoms with Gasteiger partial charge in [0.05, 0.1) is 6.04 Å². The lowest BCUT2D eigenvalue weighted by molar-refractivity contribution is -0.121. The fraction of sp³-hybridized carbons (Fsp3) is 0.800. The van der Waals surface area contributed by atoms with Crippen LogP contribution in [0.4, 0.5) is 4.79 Å². The highest BCUT2D eigenvalue weighted by molar-refractivity contribution is 5.96. The van der Waals surface area contributed by atoms with Crippen LogP contribution in [-0.4, -0.2) is 49.6 Å². The second kappa shape index (κ2) is 7.19. The quantitative estimate of drug-likeness (QED) is 0.574. The van der Waals surface area contributed by atoms with E-state index in [0.29, 0.717) is 0 Å². The zero-order valence-corrected chi connectivity index (χ0v) is 10.4. The van der Waals surface area contributed by atoms with Gasteiger partial charge in [0.25, 0.3) is 0 Å². The van der Waals surface area contributed by atoms with Crippen molar-refractivity contribution in [3.63, 3.8) is 0 Å². The third-order valence-electron chi connectivity index (χ3n) is 2.18. The Bertz CT molecular complexity index is 243. The van der Waals surface area contributed by atoms with Gasteiger partial charge in [0, 0.05) is 6.04 Å². The Kier molecular flexibility index (Phi) is 6.67. The summed E-state index contributed by atoms with van der Waals surface area (Å²) in [6.07, 6.45) is 0.932. The number of imide groups is 1. The molecule has 0 saturated heterocycles. The minimum absolute atomic E-state index is 0.205. The number of primary amides is 1. The normalized spacial score (nSPS) is 14.6. The van der Waals surface area contributed by atoms with Gasteiger partial charge in [-0.15, -0.1) is 0 Å². The second-order valence-electron chi connectivity index (χ2n) is 4.23. The molecule has 2 atom stereocenters. The number of hydrogen-bond donors (Lipinski definition) is 3. The van der Waals surface area contributed by atoms with Gasteiger partial charge in [0.2, 0.25) is 5.91 Å². The molecule has 94 valence electrons. The molecule has 0 radical (unpaired) electrons. The van der Waals surface area contributed by atoms with E-state index < -0.39 is 18.0 Å². The number of nitrogens with zero attached hydrogens (tertiary/aromatic N) is 1. The molecule has 0 fully saturated rings. The molecule has 0 bridgehead atoms. The number of carbonyl (C=O) groups is 2. The summed E-state index contributed by atoms with van der Waals surface area (Å²) >= 11 is 0. The first-order valence-electron chi connectivity index (χ1n) is 5.34. The third-order valence-corrected chi connectivity index (χ3v) is 2.18. The van der Waals surface area contributed by atoms with Gasteiger partial charge in [-0.05, 0) is 40.9 Å². The first kappa shape index (κ1) is 14.9. The van der Waals surface area contributed by atoms with Crippen LogP contribution in [0, 0.1) is 0 Å². The first-order chi connectivity index (χ1) is 7.32. The van der Waals surface area contributed by atoms with Crippen molar-refractivity contribution in [1.82, 2.24) is 15.5 Å². The summed E-state index contributed by atoms with van der Waals surface area (Å²) in [5.41, 5.74) is 4.86.